The normalized spacial score (nSPS) is 25.3. The van der Waals surface area contributed by atoms with Crippen LogP contribution in [0.3, 0.4) is 0 Å². The SMILES string of the molecule is C[C@@H]1[C@H](C)CCC[C@@H]1NC(=O)[C@@H](C)Oc1ccc(C#N)cc1Cl. The van der Waals surface area contributed by atoms with Gasteiger partial charge >= 0.3 is 0 Å². The summed E-state index contributed by atoms with van der Waals surface area (Å²) in [6.45, 7) is 6.14. The number of rotatable bonds is 4. The third kappa shape index (κ3) is 4.39. The maximum absolute atomic E-state index is 12.4. The number of carbonyl (C=O) groups excluding carboxylic acids is 1. The lowest BCUT2D eigenvalue weighted by Gasteiger charge is -2.35. The molecule has 0 spiro atoms. The van der Waals surface area contributed by atoms with E-state index in [2.05, 4.69) is 19.2 Å². The monoisotopic (exact) mass is 334 g/mol. The van der Waals surface area contributed by atoms with Crippen molar-refractivity contribution in [1.29, 1.82) is 5.26 Å². The van der Waals surface area contributed by atoms with Crippen molar-refractivity contribution in [2.75, 3.05) is 0 Å². The van der Waals surface area contributed by atoms with Crippen LogP contribution in [0.15, 0.2) is 18.2 Å². The topological polar surface area (TPSA) is 62.1 Å². The first-order valence-corrected chi connectivity index (χ1v) is 8.47. The summed E-state index contributed by atoms with van der Waals surface area (Å²) in [5, 5.41) is 12.3. The van der Waals surface area contributed by atoms with E-state index in [1.807, 2.05) is 6.07 Å². The van der Waals surface area contributed by atoms with Crippen molar-refractivity contribution in [3.8, 4) is 11.8 Å². The van der Waals surface area contributed by atoms with Crippen LogP contribution in [0.4, 0.5) is 0 Å². The number of halogens is 1. The molecule has 5 heteroatoms. The summed E-state index contributed by atoms with van der Waals surface area (Å²) in [5.41, 5.74) is 0.462. The van der Waals surface area contributed by atoms with Crippen molar-refractivity contribution in [1.82, 2.24) is 5.32 Å². The fraction of sp³-hybridized carbons (Fsp3) is 0.556. The maximum atomic E-state index is 12.4. The fourth-order valence-electron chi connectivity index (χ4n) is 3.00. The minimum Gasteiger partial charge on any atom is -0.479 e. The molecule has 1 fully saturated rings. The molecule has 4 atom stereocenters. The van der Waals surface area contributed by atoms with Crippen LogP contribution < -0.4 is 10.1 Å². The Morgan fingerprint density at radius 3 is 2.83 bits per heavy atom. The lowest BCUT2D eigenvalue weighted by atomic mass is 9.78. The van der Waals surface area contributed by atoms with E-state index in [-0.39, 0.29) is 11.9 Å². The van der Waals surface area contributed by atoms with Gasteiger partial charge in [-0.2, -0.15) is 5.26 Å². The molecule has 0 saturated heterocycles. The zero-order chi connectivity index (χ0) is 17.0. The van der Waals surface area contributed by atoms with Crippen LogP contribution in [0.1, 0.15) is 45.6 Å². The summed E-state index contributed by atoms with van der Waals surface area (Å²) in [6, 6.07) is 6.99. The Bertz CT molecular complexity index is 612. The van der Waals surface area contributed by atoms with Gasteiger partial charge in [-0.05, 0) is 43.4 Å². The van der Waals surface area contributed by atoms with Crippen LogP contribution in [0.25, 0.3) is 0 Å². The first-order valence-electron chi connectivity index (χ1n) is 8.09. The van der Waals surface area contributed by atoms with Crippen LogP contribution in [-0.4, -0.2) is 18.1 Å². The molecule has 1 saturated carbocycles. The third-order valence-corrected chi connectivity index (χ3v) is 5.06. The van der Waals surface area contributed by atoms with Gasteiger partial charge in [-0.25, -0.2) is 0 Å². The van der Waals surface area contributed by atoms with Gasteiger partial charge in [0.05, 0.1) is 16.7 Å². The first kappa shape index (κ1) is 17.6. The molecule has 2 rings (SSSR count). The quantitative estimate of drug-likeness (QED) is 0.907. The van der Waals surface area contributed by atoms with E-state index < -0.39 is 6.10 Å². The van der Waals surface area contributed by atoms with Crippen LogP contribution >= 0.6 is 11.6 Å². The van der Waals surface area contributed by atoms with Crippen molar-refractivity contribution < 1.29 is 9.53 Å². The van der Waals surface area contributed by atoms with E-state index in [1.165, 1.54) is 12.5 Å². The number of nitrogens with zero attached hydrogens (tertiary/aromatic N) is 1. The molecular weight excluding hydrogens is 312 g/mol. The molecule has 0 unspecified atom stereocenters. The molecule has 0 aromatic heterocycles. The molecule has 1 aliphatic rings. The summed E-state index contributed by atoms with van der Waals surface area (Å²) in [7, 11) is 0. The van der Waals surface area contributed by atoms with Crippen LogP contribution in [0.5, 0.6) is 5.75 Å². The average molecular weight is 335 g/mol. The van der Waals surface area contributed by atoms with Gasteiger partial charge in [0.1, 0.15) is 5.75 Å². The van der Waals surface area contributed by atoms with E-state index in [0.29, 0.717) is 28.2 Å². The van der Waals surface area contributed by atoms with Crippen molar-refractivity contribution in [2.24, 2.45) is 11.8 Å². The Hall–Kier alpha value is -1.73. The number of nitriles is 1. The van der Waals surface area contributed by atoms with Gasteiger partial charge in [0.15, 0.2) is 6.10 Å². The second-order valence-corrected chi connectivity index (χ2v) is 6.81. The second kappa shape index (κ2) is 7.70. The summed E-state index contributed by atoms with van der Waals surface area (Å²) < 4.78 is 5.66. The predicted octanol–water partition coefficient (Wildman–Crippen LogP) is 3.92. The lowest BCUT2D eigenvalue weighted by molar-refractivity contribution is -0.128. The molecule has 1 N–H and O–H groups in total. The third-order valence-electron chi connectivity index (χ3n) is 4.77. The number of amides is 1. The van der Waals surface area contributed by atoms with Gasteiger partial charge in [-0.1, -0.05) is 38.3 Å². The Labute approximate surface area is 142 Å². The van der Waals surface area contributed by atoms with Gasteiger partial charge in [0.25, 0.3) is 5.91 Å². The predicted molar refractivity (Wildman–Crippen MR) is 90.4 cm³/mol. The zero-order valence-corrected chi connectivity index (χ0v) is 14.6. The second-order valence-electron chi connectivity index (χ2n) is 6.40. The highest BCUT2D eigenvalue weighted by Crippen LogP contribution is 2.30. The highest BCUT2D eigenvalue weighted by molar-refractivity contribution is 6.32. The van der Waals surface area contributed by atoms with E-state index in [0.717, 1.165) is 12.8 Å². The van der Waals surface area contributed by atoms with Crippen LogP contribution in [0, 0.1) is 23.2 Å². The fourth-order valence-corrected chi connectivity index (χ4v) is 3.22. The number of carbonyl (C=O) groups is 1. The van der Waals surface area contributed by atoms with Gasteiger partial charge in [0, 0.05) is 6.04 Å². The highest BCUT2D eigenvalue weighted by Gasteiger charge is 2.29. The number of ether oxygens (including phenoxy) is 1. The largest absolute Gasteiger partial charge is 0.479 e. The molecule has 1 amide bonds. The number of hydrogen-bond donors (Lipinski definition) is 1. The highest BCUT2D eigenvalue weighted by atomic mass is 35.5. The minimum absolute atomic E-state index is 0.128. The maximum Gasteiger partial charge on any atom is 0.261 e. The molecule has 0 heterocycles. The molecule has 23 heavy (non-hydrogen) atoms. The number of benzene rings is 1. The van der Waals surface area contributed by atoms with Gasteiger partial charge in [0.2, 0.25) is 0 Å². The van der Waals surface area contributed by atoms with E-state index in [1.54, 1.807) is 19.1 Å². The standard InChI is InChI=1S/C18H23ClN2O2/c1-11-5-4-6-16(12(11)2)21-18(22)13(3)23-17-8-7-14(10-20)9-15(17)19/h7-9,11-13,16H,4-6H2,1-3H3,(H,21,22)/t11-,12-,13-,16+/m1/s1. The smallest absolute Gasteiger partial charge is 0.261 e. The van der Waals surface area contributed by atoms with Gasteiger partial charge < -0.3 is 10.1 Å². The Morgan fingerprint density at radius 1 is 1.43 bits per heavy atom. The Kier molecular flexibility index (Phi) is 5.90. The zero-order valence-electron chi connectivity index (χ0n) is 13.8. The van der Waals surface area contributed by atoms with Gasteiger partial charge in [-0.3, -0.25) is 4.79 Å². The molecule has 0 bridgehead atoms. The van der Waals surface area contributed by atoms with Crippen LogP contribution in [0.2, 0.25) is 5.02 Å². The molecule has 1 aliphatic carbocycles. The van der Waals surface area contributed by atoms with Crippen LogP contribution in [-0.2, 0) is 4.79 Å². The number of nitrogens with one attached hydrogen (secondary N) is 1. The molecule has 1 aromatic carbocycles. The number of hydrogen-bond acceptors (Lipinski definition) is 3. The summed E-state index contributed by atoms with van der Waals surface area (Å²) in [6.07, 6.45) is 2.75. The Morgan fingerprint density at radius 2 is 2.17 bits per heavy atom. The van der Waals surface area contributed by atoms with Crippen molar-refractivity contribution in [2.45, 2.75) is 52.2 Å². The van der Waals surface area contributed by atoms with E-state index in [9.17, 15) is 4.79 Å². The summed E-state index contributed by atoms with van der Waals surface area (Å²) in [4.78, 5) is 12.4. The lowest BCUT2D eigenvalue weighted by Crippen LogP contribution is -2.48. The molecule has 0 radical (unpaired) electrons. The minimum atomic E-state index is -0.634. The summed E-state index contributed by atoms with van der Waals surface area (Å²) in [5.74, 6) is 1.38. The van der Waals surface area contributed by atoms with Crippen molar-refractivity contribution in [3.63, 3.8) is 0 Å². The van der Waals surface area contributed by atoms with Gasteiger partial charge in [-0.15, -0.1) is 0 Å². The van der Waals surface area contributed by atoms with Crippen molar-refractivity contribution >= 4 is 17.5 Å². The molecule has 124 valence electrons. The first-order chi connectivity index (χ1) is 10.9. The molecule has 0 aliphatic heterocycles. The van der Waals surface area contributed by atoms with Crippen molar-refractivity contribution in [3.05, 3.63) is 28.8 Å². The van der Waals surface area contributed by atoms with E-state index >= 15 is 0 Å². The molecule has 4 nitrogen and oxygen atoms in total. The molecule has 1 aromatic rings. The average Bonchev–Trinajstić information content (AvgIpc) is 2.53. The molecular formula is C18H23ClN2O2. The summed E-state index contributed by atoms with van der Waals surface area (Å²) >= 11 is 6.08. The van der Waals surface area contributed by atoms with E-state index in [4.69, 9.17) is 21.6 Å². The Balaban J connectivity index is 1.96.